The minimum absolute atomic E-state index is 1.06. The molecular weight excluding hydrogens is 428 g/mol. The molecule has 0 unspecified atom stereocenters. The highest BCUT2D eigenvalue weighted by Gasteiger charge is 2.18. The second-order valence-corrected chi connectivity index (χ2v) is 7.69. The summed E-state index contributed by atoms with van der Waals surface area (Å²) in [5.74, 6) is 0. The lowest BCUT2D eigenvalue weighted by Crippen LogP contribution is -2.46. The van der Waals surface area contributed by atoms with Crippen molar-refractivity contribution >= 4 is 62.6 Å². The molecule has 0 bridgehead atoms. The van der Waals surface area contributed by atoms with Gasteiger partial charge in [0.05, 0.1) is 5.49 Å². The van der Waals surface area contributed by atoms with Gasteiger partial charge in [-0.1, -0.05) is 40.1 Å². The molecule has 0 saturated carbocycles. The Balaban J connectivity index is 0.000000758. The molecule has 1 aliphatic heterocycles. The first kappa shape index (κ1) is 20.9. The van der Waals surface area contributed by atoms with E-state index in [1.165, 1.54) is 16.9 Å². The standard InChI is InChI=1S/C18H22BrN3S.CH3NS/c1-14-13-15(19)3-8-18(14)22-11-9-21(10-12-22)17-6-4-16(5-7-17)20-23-2;2-1-3/h3-8,13,20H,9-12H2,1-2H3;1H,(H2,2,3). The first-order chi connectivity index (χ1) is 12.6. The molecule has 2 aromatic rings. The summed E-state index contributed by atoms with van der Waals surface area (Å²) in [6.07, 6.45) is 2.04. The van der Waals surface area contributed by atoms with E-state index in [2.05, 4.69) is 97.8 Å². The Kier molecular flexibility index (Phi) is 8.54. The molecular formula is C19H25BrN4S2. The number of hydrogen-bond donors (Lipinski definition) is 2. The average Bonchev–Trinajstić information content (AvgIpc) is 2.64. The predicted molar refractivity (Wildman–Crippen MR) is 125 cm³/mol. The van der Waals surface area contributed by atoms with Crippen LogP contribution in [-0.2, 0) is 0 Å². The van der Waals surface area contributed by atoms with Crippen LogP contribution >= 0.6 is 40.1 Å². The molecule has 0 atom stereocenters. The lowest BCUT2D eigenvalue weighted by atomic mass is 10.1. The number of halogens is 1. The van der Waals surface area contributed by atoms with Crippen LogP contribution in [-0.4, -0.2) is 37.9 Å². The summed E-state index contributed by atoms with van der Waals surface area (Å²) in [6.45, 7) is 6.43. The highest BCUT2D eigenvalue weighted by atomic mass is 79.9. The summed E-state index contributed by atoms with van der Waals surface area (Å²) in [5, 5.41) is 0. The van der Waals surface area contributed by atoms with Crippen molar-refractivity contribution in [1.82, 2.24) is 0 Å². The van der Waals surface area contributed by atoms with Crippen LogP contribution < -0.4 is 20.3 Å². The molecule has 4 nitrogen and oxygen atoms in total. The molecule has 0 radical (unpaired) electrons. The zero-order chi connectivity index (χ0) is 18.9. The molecule has 26 heavy (non-hydrogen) atoms. The monoisotopic (exact) mass is 452 g/mol. The van der Waals surface area contributed by atoms with Gasteiger partial charge < -0.3 is 20.3 Å². The van der Waals surface area contributed by atoms with E-state index in [1.807, 2.05) is 6.26 Å². The number of aryl methyl sites for hydroxylation is 1. The van der Waals surface area contributed by atoms with Gasteiger partial charge in [0.2, 0.25) is 0 Å². The maximum atomic E-state index is 4.54. The first-order valence-electron chi connectivity index (χ1n) is 8.39. The minimum atomic E-state index is 1.06. The summed E-state index contributed by atoms with van der Waals surface area (Å²) in [4.78, 5) is 4.95. The molecule has 1 saturated heterocycles. The number of thiocarbonyl (C=S) groups is 1. The van der Waals surface area contributed by atoms with Crippen molar-refractivity contribution in [2.75, 3.05) is 47.0 Å². The van der Waals surface area contributed by atoms with E-state index in [9.17, 15) is 0 Å². The fraction of sp³-hybridized carbons (Fsp3) is 0.316. The van der Waals surface area contributed by atoms with Gasteiger partial charge in [-0.3, -0.25) is 0 Å². The molecule has 1 heterocycles. The van der Waals surface area contributed by atoms with Crippen LogP contribution in [0.1, 0.15) is 5.56 Å². The summed E-state index contributed by atoms with van der Waals surface area (Å²) >= 11 is 9.21. The smallest absolute Gasteiger partial charge is 0.0588 e. The Bertz CT molecular complexity index is 701. The Morgan fingerprint density at radius 1 is 1.08 bits per heavy atom. The van der Waals surface area contributed by atoms with E-state index in [0.29, 0.717) is 0 Å². The van der Waals surface area contributed by atoms with Crippen LogP contribution in [0.4, 0.5) is 17.1 Å². The van der Waals surface area contributed by atoms with Crippen LogP contribution in [0.5, 0.6) is 0 Å². The highest BCUT2D eigenvalue weighted by Crippen LogP contribution is 2.26. The van der Waals surface area contributed by atoms with Gasteiger partial charge in [0.15, 0.2) is 0 Å². The third kappa shape index (κ3) is 5.79. The van der Waals surface area contributed by atoms with Gasteiger partial charge in [-0.25, -0.2) is 0 Å². The van der Waals surface area contributed by atoms with Crippen molar-refractivity contribution in [2.24, 2.45) is 5.73 Å². The summed E-state index contributed by atoms with van der Waals surface area (Å²) in [5.41, 5.74) is 10.8. The quantitative estimate of drug-likeness (QED) is 0.518. The number of nitrogens with zero attached hydrogens (tertiary/aromatic N) is 2. The Labute approximate surface area is 174 Å². The number of piperazine rings is 1. The van der Waals surface area contributed by atoms with Gasteiger partial charge in [-0.2, -0.15) is 0 Å². The zero-order valence-electron chi connectivity index (χ0n) is 15.1. The van der Waals surface area contributed by atoms with Crippen molar-refractivity contribution in [3.63, 3.8) is 0 Å². The lowest BCUT2D eigenvalue weighted by Gasteiger charge is -2.38. The summed E-state index contributed by atoms with van der Waals surface area (Å²) in [7, 11) is 0. The SMILES string of the molecule is CSNc1ccc(N2CCN(c3ccc(Br)cc3C)CC2)cc1.NC=S. The molecule has 140 valence electrons. The molecule has 0 aromatic heterocycles. The molecule has 0 amide bonds. The zero-order valence-corrected chi connectivity index (χ0v) is 18.3. The van der Waals surface area contributed by atoms with Crippen molar-refractivity contribution < 1.29 is 0 Å². The van der Waals surface area contributed by atoms with Crippen molar-refractivity contribution in [1.29, 1.82) is 0 Å². The van der Waals surface area contributed by atoms with Gasteiger partial charge in [0, 0.05) is 54.0 Å². The van der Waals surface area contributed by atoms with E-state index in [-0.39, 0.29) is 0 Å². The summed E-state index contributed by atoms with van der Waals surface area (Å²) < 4.78 is 4.41. The van der Waals surface area contributed by atoms with Crippen molar-refractivity contribution in [2.45, 2.75) is 6.92 Å². The maximum absolute atomic E-state index is 4.54. The third-order valence-electron chi connectivity index (χ3n) is 4.23. The van der Waals surface area contributed by atoms with Gasteiger partial charge in [-0.05, 0) is 55.0 Å². The number of nitrogens with one attached hydrogen (secondary N) is 1. The third-order valence-corrected chi connectivity index (χ3v) is 5.16. The van der Waals surface area contributed by atoms with Crippen molar-refractivity contribution in [3.05, 3.63) is 52.5 Å². The molecule has 1 fully saturated rings. The molecule has 2 aromatic carbocycles. The van der Waals surface area contributed by atoms with E-state index in [0.717, 1.165) is 41.8 Å². The highest BCUT2D eigenvalue weighted by molar-refractivity contribution is 9.10. The van der Waals surface area contributed by atoms with E-state index < -0.39 is 0 Å². The summed E-state index contributed by atoms with van der Waals surface area (Å²) in [6, 6.07) is 15.3. The fourth-order valence-electron chi connectivity index (χ4n) is 3.04. The van der Waals surface area contributed by atoms with Gasteiger partial charge in [-0.15, -0.1) is 0 Å². The van der Waals surface area contributed by atoms with Gasteiger partial charge in [0.25, 0.3) is 0 Å². The molecule has 0 aliphatic carbocycles. The second-order valence-electron chi connectivity index (χ2n) is 5.89. The molecule has 0 spiro atoms. The number of nitrogens with two attached hydrogens (primary N) is 1. The molecule has 7 heteroatoms. The van der Waals surface area contributed by atoms with E-state index in [1.54, 1.807) is 11.9 Å². The number of anilines is 3. The van der Waals surface area contributed by atoms with Crippen LogP contribution in [0.2, 0.25) is 0 Å². The van der Waals surface area contributed by atoms with E-state index >= 15 is 0 Å². The van der Waals surface area contributed by atoms with E-state index in [4.69, 9.17) is 0 Å². The topological polar surface area (TPSA) is 44.5 Å². The lowest BCUT2D eigenvalue weighted by molar-refractivity contribution is 0.652. The Morgan fingerprint density at radius 2 is 1.65 bits per heavy atom. The Morgan fingerprint density at radius 3 is 2.19 bits per heavy atom. The number of benzene rings is 2. The maximum Gasteiger partial charge on any atom is 0.0588 e. The Hall–Kier alpha value is -1.44. The second kappa shape index (κ2) is 10.6. The van der Waals surface area contributed by atoms with Crippen LogP contribution in [0.3, 0.4) is 0 Å². The fourth-order valence-corrected chi connectivity index (χ4v) is 3.88. The van der Waals surface area contributed by atoms with Crippen LogP contribution in [0, 0.1) is 6.92 Å². The molecule has 3 rings (SSSR count). The van der Waals surface area contributed by atoms with Crippen molar-refractivity contribution in [3.8, 4) is 0 Å². The van der Waals surface area contributed by atoms with Crippen LogP contribution in [0.15, 0.2) is 46.9 Å². The normalized spacial score (nSPS) is 13.7. The molecule has 3 N–H and O–H groups in total. The number of hydrogen-bond acceptors (Lipinski definition) is 5. The predicted octanol–water partition coefficient (Wildman–Crippen LogP) is 4.68. The largest absolute Gasteiger partial charge is 0.396 e. The first-order valence-corrected chi connectivity index (χ1v) is 10.9. The minimum Gasteiger partial charge on any atom is -0.396 e. The molecule has 1 aliphatic rings. The van der Waals surface area contributed by atoms with Crippen LogP contribution in [0.25, 0.3) is 0 Å². The van der Waals surface area contributed by atoms with Gasteiger partial charge in [0.1, 0.15) is 0 Å². The number of rotatable bonds is 4. The van der Waals surface area contributed by atoms with Gasteiger partial charge >= 0.3 is 0 Å². The average molecular weight is 453 g/mol.